The number of nitrogens with zero attached hydrogens (tertiary/aromatic N) is 3. The van der Waals surface area contributed by atoms with Crippen LogP contribution in [0, 0.1) is 0 Å². The van der Waals surface area contributed by atoms with Crippen LogP contribution in [0.3, 0.4) is 0 Å². The highest BCUT2D eigenvalue weighted by Gasteiger charge is 2.15. The van der Waals surface area contributed by atoms with Gasteiger partial charge < -0.3 is 29.0 Å². The molecule has 0 aliphatic rings. The Balaban J connectivity index is 1.74. The van der Waals surface area contributed by atoms with Crippen LogP contribution < -0.4 is 24.3 Å². The summed E-state index contributed by atoms with van der Waals surface area (Å²) in [6, 6.07) is 8.45. The van der Waals surface area contributed by atoms with Crippen LogP contribution in [-0.4, -0.2) is 55.9 Å². The predicted molar refractivity (Wildman–Crippen MR) is 116 cm³/mol. The summed E-state index contributed by atoms with van der Waals surface area (Å²) in [5.41, 5.74) is 1.85. The summed E-state index contributed by atoms with van der Waals surface area (Å²) in [6.45, 7) is 0.00444. The van der Waals surface area contributed by atoms with Crippen molar-refractivity contribution in [3.05, 3.63) is 48.4 Å². The van der Waals surface area contributed by atoms with E-state index in [1.165, 1.54) is 21.3 Å². The van der Waals surface area contributed by atoms with Gasteiger partial charge in [0.2, 0.25) is 11.6 Å². The summed E-state index contributed by atoms with van der Waals surface area (Å²) in [5, 5.41) is 2.74. The molecule has 2 aromatic heterocycles. The molecule has 0 saturated heterocycles. The molecular weight excluding hydrogens is 416 g/mol. The van der Waals surface area contributed by atoms with Crippen LogP contribution in [0.5, 0.6) is 23.1 Å². The SMILES string of the molecule is COCc1cc(OCC(=O)Nc2cc(OC)c(OC)c(OC)c2)nc(-c2ccncc2)n1. The van der Waals surface area contributed by atoms with Crippen molar-refractivity contribution < 1.29 is 28.5 Å². The maximum absolute atomic E-state index is 12.5. The number of nitrogens with one attached hydrogen (secondary N) is 1. The van der Waals surface area contributed by atoms with Crippen molar-refractivity contribution >= 4 is 11.6 Å². The summed E-state index contributed by atoms with van der Waals surface area (Å²) in [4.78, 5) is 25.3. The zero-order chi connectivity index (χ0) is 22.9. The van der Waals surface area contributed by atoms with E-state index in [4.69, 9.17) is 23.7 Å². The number of ether oxygens (including phenoxy) is 5. The minimum absolute atomic E-state index is 0.249. The zero-order valence-corrected chi connectivity index (χ0v) is 18.2. The van der Waals surface area contributed by atoms with Crippen LogP contribution in [-0.2, 0) is 16.1 Å². The molecule has 0 aliphatic carbocycles. The first-order chi connectivity index (χ1) is 15.6. The fourth-order valence-electron chi connectivity index (χ4n) is 2.89. The van der Waals surface area contributed by atoms with Gasteiger partial charge in [-0.25, -0.2) is 4.98 Å². The van der Waals surface area contributed by atoms with Gasteiger partial charge in [0, 0.05) is 49.0 Å². The fraction of sp³-hybridized carbons (Fsp3) is 0.273. The molecule has 1 amide bonds. The van der Waals surface area contributed by atoms with Crippen molar-refractivity contribution in [3.63, 3.8) is 0 Å². The number of benzene rings is 1. The lowest BCUT2D eigenvalue weighted by Gasteiger charge is -2.15. The van der Waals surface area contributed by atoms with Gasteiger partial charge >= 0.3 is 0 Å². The van der Waals surface area contributed by atoms with Crippen LogP contribution in [0.4, 0.5) is 5.69 Å². The molecule has 0 fully saturated rings. The second kappa shape index (κ2) is 10.9. The lowest BCUT2D eigenvalue weighted by molar-refractivity contribution is -0.118. The number of carbonyl (C=O) groups excluding carboxylic acids is 1. The molecule has 0 aliphatic heterocycles. The zero-order valence-electron chi connectivity index (χ0n) is 18.2. The quantitative estimate of drug-likeness (QED) is 0.508. The van der Waals surface area contributed by atoms with Gasteiger partial charge in [-0.1, -0.05) is 0 Å². The van der Waals surface area contributed by atoms with Crippen LogP contribution in [0.2, 0.25) is 0 Å². The van der Waals surface area contributed by atoms with E-state index in [1.54, 1.807) is 49.8 Å². The van der Waals surface area contributed by atoms with Crippen LogP contribution in [0.1, 0.15) is 5.69 Å². The van der Waals surface area contributed by atoms with E-state index in [-0.39, 0.29) is 19.1 Å². The Hall–Kier alpha value is -3.92. The molecular formula is C22H24N4O6. The Bertz CT molecular complexity index is 1040. The fourth-order valence-corrected chi connectivity index (χ4v) is 2.89. The van der Waals surface area contributed by atoms with Gasteiger partial charge in [-0.3, -0.25) is 9.78 Å². The van der Waals surface area contributed by atoms with Gasteiger partial charge in [0.1, 0.15) is 0 Å². The average molecular weight is 440 g/mol. The average Bonchev–Trinajstić information content (AvgIpc) is 2.82. The predicted octanol–water partition coefficient (Wildman–Crippen LogP) is 2.73. The maximum Gasteiger partial charge on any atom is 0.262 e. The minimum atomic E-state index is -0.392. The summed E-state index contributed by atoms with van der Waals surface area (Å²) in [5.74, 6) is 1.58. The van der Waals surface area contributed by atoms with Crippen LogP contribution >= 0.6 is 0 Å². The van der Waals surface area contributed by atoms with Gasteiger partial charge in [0.05, 0.1) is 33.6 Å². The van der Waals surface area contributed by atoms with Crippen molar-refractivity contribution in [3.8, 4) is 34.5 Å². The third-order valence-corrected chi connectivity index (χ3v) is 4.29. The Kier molecular flexibility index (Phi) is 7.76. The highest BCUT2D eigenvalue weighted by Crippen LogP contribution is 2.39. The number of pyridine rings is 1. The first kappa shape index (κ1) is 22.8. The lowest BCUT2D eigenvalue weighted by atomic mass is 10.2. The lowest BCUT2D eigenvalue weighted by Crippen LogP contribution is -2.21. The summed E-state index contributed by atoms with van der Waals surface area (Å²) in [6.07, 6.45) is 3.29. The van der Waals surface area contributed by atoms with Gasteiger partial charge in [-0.15, -0.1) is 0 Å². The number of hydrogen-bond acceptors (Lipinski definition) is 9. The third kappa shape index (κ3) is 5.61. The summed E-state index contributed by atoms with van der Waals surface area (Å²) >= 11 is 0. The molecule has 0 spiro atoms. The van der Waals surface area contributed by atoms with Gasteiger partial charge in [0.15, 0.2) is 23.9 Å². The summed E-state index contributed by atoms with van der Waals surface area (Å²) < 4.78 is 26.7. The van der Waals surface area contributed by atoms with Gasteiger partial charge in [0.25, 0.3) is 5.91 Å². The number of methoxy groups -OCH3 is 4. The number of hydrogen-bond donors (Lipinski definition) is 1. The minimum Gasteiger partial charge on any atom is -0.493 e. The highest BCUT2D eigenvalue weighted by atomic mass is 16.5. The van der Waals surface area contributed by atoms with Gasteiger partial charge in [-0.05, 0) is 12.1 Å². The Morgan fingerprint density at radius 2 is 1.62 bits per heavy atom. The molecule has 10 heteroatoms. The Morgan fingerprint density at radius 1 is 0.938 bits per heavy atom. The van der Waals surface area contributed by atoms with E-state index < -0.39 is 5.91 Å². The van der Waals surface area contributed by atoms with Crippen LogP contribution in [0.15, 0.2) is 42.7 Å². The van der Waals surface area contributed by atoms with Crippen molar-refractivity contribution in [1.29, 1.82) is 0 Å². The molecule has 10 nitrogen and oxygen atoms in total. The first-order valence-electron chi connectivity index (χ1n) is 9.57. The maximum atomic E-state index is 12.5. The van der Waals surface area contributed by atoms with Crippen molar-refractivity contribution in [2.75, 3.05) is 40.4 Å². The smallest absolute Gasteiger partial charge is 0.262 e. The molecule has 3 rings (SSSR count). The molecule has 0 saturated carbocycles. The normalized spacial score (nSPS) is 10.4. The second-order valence-corrected chi connectivity index (χ2v) is 6.44. The molecule has 32 heavy (non-hydrogen) atoms. The molecule has 0 atom stereocenters. The topological polar surface area (TPSA) is 114 Å². The van der Waals surface area contributed by atoms with E-state index in [0.717, 1.165) is 5.56 Å². The van der Waals surface area contributed by atoms with Crippen LogP contribution in [0.25, 0.3) is 11.4 Å². The van der Waals surface area contributed by atoms with Crippen molar-refractivity contribution in [2.45, 2.75) is 6.61 Å². The molecule has 0 bridgehead atoms. The summed E-state index contributed by atoms with van der Waals surface area (Å²) in [7, 11) is 6.07. The van der Waals surface area contributed by atoms with E-state index in [2.05, 4.69) is 20.3 Å². The monoisotopic (exact) mass is 440 g/mol. The number of anilines is 1. The number of carbonyl (C=O) groups is 1. The van der Waals surface area contributed by atoms with E-state index in [0.29, 0.717) is 34.5 Å². The standard InChI is InChI=1S/C22H24N4O6/c1-28-12-16-11-20(26-22(25-16)14-5-7-23-8-6-14)32-13-19(27)24-15-9-17(29-2)21(31-4)18(10-15)30-3/h5-11H,12-13H2,1-4H3,(H,24,27). The van der Waals surface area contributed by atoms with E-state index in [1.807, 2.05) is 0 Å². The molecule has 1 aromatic carbocycles. The van der Waals surface area contributed by atoms with E-state index >= 15 is 0 Å². The van der Waals surface area contributed by atoms with Gasteiger partial charge in [-0.2, -0.15) is 4.98 Å². The molecule has 1 N–H and O–H groups in total. The first-order valence-corrected chi connectivity index (χ1v) is 9.57. The number of aromatic nitrogens is 3. The molecule has 2 heterocycles. The van der Waals surface area contributed by atoms with E-state index in [9.17, 15) is 4.79 Å². The molecule has 0 unspecified atom stereocenters. The Morgan fingerprint density at radius 3 is 2.22 bits per heavy atom. The number of amides is 1. The number of rotatable bonds is 10. The van der Waals surface area contributed by atoms with Crippen molar-refractivity contribution in [1.82, 2.24) is 15.0 Å². The molecule has 168 valence electrons. The second-order valence-electron chi connectivity index (χ2n) is 6.44. The third-order valence-electron chi connectivity index (χ3n) is 4.29. The Labute approximate surface area is 185 Å². The molecule has 3 aromatic rings. The highest BCUT2D eigenvalue weighted by molar-refractivity contribution is 5.92. The van der Waals surface area contributed by atoms with Crippen molar-refractivity contribution in [2.24, 2.45) is 0 Å². The molecule has 0 radical (unpaired) electrons. The largest absolute Gasteiger partial charge is 0.493 e.